The molecule has 2 aromatic heterocycles. The summed E-state index contributed by atoms with van der Waals surface area (Å²) in [5.41, 5.74) is 0.858. The minimum atomic E-state index is -0.976. The molecule has 6 nitrogen and oxygen atoms in total. The summed E-state index contributed by atoms with van der Waals surface area (Å²) in [6.07, 6.45) is 3.22. The first-order chi connectivity index (χ1) is 9.74. The van der Waals surface area contributed by atoms with Gasteiger partial charge >= 0.3 is 5.97 Å². The molecule has 0 aliphatic heterocycles. The third kappa shape index (κ3) is 2.26. The maximum Gasteiger partial charge on any atom is 0.335 e. The topological polar surface area (TPSA) is 80.9 Å². The zero-order chi connectivity index (χ0) is 13.9. The van der Waals surface area contributed by atoms with Crippen LogP contribution in [-0.2, 0) is 0 Å². The van der Waals surface area contributed by atoms with Gasteiger partial charge in [0.2, 0.25) is 0 Å². The Morgan fingerprint density at radius 2 is 2.00 bits per heavy atom. The highest BCUT2D eigenvalue weighted by molar-refractivity contribution is 5.89. The van der Waals surface area contributed by atoms with Crippen molar-refractivity contribution in [3.8, 4) is 17.2 Å². The summed E-state index contributed by atoms with van der Waals surface area (Å²) in [5, 5.41) is 13.3. The second-order valence-electron chi connectivity index (χ2n) is 4.09. The van der Waals surface area contributed by atoms with Gasteiger partial charge < -0.3 is 5.11 Å². The van der Waals surface area contributed by atoms with Crippen molar-refractivity contribution in [2.24, 2.45) is 0 Å². The maximum absolute atomic E-state index is 11.0. The Hall–Kier alpha value is -3.02. The Bertz CT molecular complexity index is 753. The van der Waals surface area contributed by atoms with E-state index in [1.165, 1.54) is 6.07 Å². The van der Waals surface area contributed by atoms with Crippen molar-refractivity contribution >= 4 is 5.97 Å². The van der Waals surface area contributed by atoms with E-state index in [-0.39, 0.29) is 5.56 Å². The first-order valence-corrected chi connectivity index (χ1v) is 5.91. The van der Waals surface area contributed by atoms with Gasteiger partial charge in [-0.3, -0.25) is 0 Å². The van der Waals surface area contributed by atoms with Crippen molar-refractivity contribution < 1.29 is 9.90 Å². The molecule has 0 fully saturated rings. The van der Waals surface area contributed by atoms with E-state index < -0.39 is 5.97 Å². The lowest BCUT2D eigenvalue weighted by Gasteiger charge is -1.99. The summed E-state index contributed by atoms with van der Waals surface area (Å²) >= 11 is 0. The summed E-state index contributed by atoms with van der Waals surface area (Å²) < 4.78 is 1.54. The number of aromatic carboxylic acids is 1. The monoisotopic (exact) mass is 266 g/mol. The predicted octanol–water partition coefficient (Wildman–Crippen LogP) is 2.03. The van der Waals surface area contributed by atoms with Crippen LogP contribution in [0.15, 0.2) is 55.0 Å². The van der Waals surface area contributed by atoms with E-state index in [0.29, 0.717) is 17.2 Å². The molecule has 0 spiro atoms. The van der Waals surface area contributed by atoms with E-state index in [2.05, 4.69) is 15.1 Å². The van der Waals surface area contributed by atoms with Crippen LogP contribution in [0.5, 0.6) is 0 Å². The van der Waals surface area contributed by atoms with Gasteiger partial charge in [-0.25, -0.2) is 19.4 Å². The average molecular weight is 266 g/mol. The molecular formula is C14H10N4O2. The molecule has 0 amide bonds. The Morgan fingerprint density at radius 1 is 1.10 bits per heavy atom. The number of benzene rings is 1. The van der Waals surface area contributed by atoms with Crippen LogP contribution in [-0.4, -0.2) is 30.8 Å². The molecular weight excluding hydrogens is 256 g/mol. The number of carboxylic acids is 1. The lowest BCUT2D eigenvalue weighted by molar-refractivity contribution is 0.0697. The summed E-state index contributed by atoms with van der Waals surface area (Å²) in [4.78, 5) is 19.3. The normalized spacial score (nSPS) is 10.4. The number of hydrogen-bond donors (Lipinski definition) is 1. The van der Waals surface area contributed by atoms with Crippen molar-refractivity contribution in [3.05, 3.63) is 60.6 Å². The maximum atomic E-state index is 11.0. The summed E-state index contributed by atoms with van der Waals surface area (Å²) in [6, 6.07) is 12.0. The van der Waals surface area contributed by atoms with Crippen LogP contribution >= 0.6 is 0 Å². The van der Waals surface area contributed by atoms with Crippen LogP contribution in [0.3, 0.4) is 0 Å². The number of hydrogen-bond acceptors (Lipinski definition) is 4. The zero-order valence-corrected chi connectivity index (χ0v) is 10.3. The van der Waals surface area contributed by atoms with Gasteiger partial charge in [-0.05, 0) is 24.3 Å². The van der Waals surface area contributed by atoms with Crippen LogP contribution in [0.4, 0.5) is 0 Å². The van der Waals surface area contributed by atoms with E-state index >= 15 is 0 Å². The first-order valence-electron chi connectivity index (χ1n) is 5.91. The molecule has 6 heteroatoms. The Morgan fingerprint density at radius 3 is 2.75 bits per heavy atom. The largest absolute Gasteiger partial charge is 0.478 e. The number of nitrogens with zero attached hydrogens (tertiary/aromatic N) is 4. The molecule has 3 rings (SSSR count). The van der Waals surface area contributed by atoms with Gasteiger partial charge in [0.05, 0.1) is 5.56 Å². The fourth-order valence-electron chi connectivity index (χ4n) is 1.79. The van der Waals surface area contributed by atoms with E-state index in [4.69, 9.17) is 5.11 Å². The molecule has 0 saturated heterocycles. The molecule has 3 aromatic rings. The smallest absolute Gasteiger partial charge is 0.335 e. The van der Waals surface area contributed by atoms with E-state index in [1.807, 2.05) is 18.2 Å². The summed E-state index contributed by atoms with van der Waals surface area (Å²) in [5.74, 6) is 0.135. The van der Waals surface area contributed by atoms with Crippen LogP contribution in [0.25, 0.3) is 17.2 Å². The number of pyridine rings is 1. The second-order valence-corrected chi connectivity index (χ2v) is 4.09. The van der Waals surface area contributed by atoms with Gasteiger partial charge in [0.1, 0.15) is 6.33 Å². The van der Waals surface area contributed by atoms with Crippen molar-refractivity contribution in [2.45, 2.75) is 0 Å². The second kappa shape index (κ2) is 4.93. The van der Waals surface area contributed by atoms with Crippen LogP contribution < -0.4 is 0 Å². The third-order valence-electron chi connectivity index (χ3n) is 2.74. The van der Waals surface area contributed by atoms with Gasteiger partial charge in [0.15, 0.2) is 11.6 Å². The lowest BCUT2D eigenvalue weighted by Crippen LogP contribution is -1.98. The molecule has 0 unspecified atom stereocenters. The number of aromatic nitrogens is 4. The van der Waals surface area contributed by atoms with Crippen molar-refractivity contribution in [1.29, 1.82) is 0 Å². The molecule has 0 aliphatic carbocycles. The minimum absolute atomic E-state index is 0.205. The van der Waals surface area contributed by atoms with Crippen LogP contribution in [0.1, 0.15) is 10.4 Å². The van der Waals surface area contributed by atoms with E-state index in [9.17, 15) is 4.79 Å². The minimum Gasteiger partial charge on any atom is -0.478 e. The Kier molecular flexibility index (Phi) is 2.96. The van der Waals surface area contributed by atoms with E-state index in [0.717, 1.165) is 0 Å². The zero-order valence-electron chi connectivity index (χ0n) is 10.3. The SMILES string of the molecule is O=C(O)c1cccc(-c2ncn(-c3ccccn3)n2)c1. The van der Waals surface area contributed by atoms with Gasteiger partial charge in [0.25, 0.3) is 0 Å². The summed E-state index contributed by atoms with van der Waals surface area (Å²) in [7, 11) is 0. The highest BCUT2D eigenvalue weighted by Crippen LogP contribution is 2.17. The molecule has 0 aliphatic rings. The molecule has 98 valence electrons. The van der Waals surface area contributed by atoms with E-state index in [1.54, 1.807) is 35.4 Å². The highest BCUT2D eigenvalue weighted by atomic mass is 16.4. The molecule has 1 N–H and O–H groups in total. The standard InChI is InChI=1S/C14H10N4O2/c19-14(20)11-5-3-4-10(8-11)13-16-9-18(17-13)12-6-1-2-7-15-12/h1-9H,(H,19,20). The molecule has 0 atom stereocenters. The molecule has 0 saturated carbocycles. The molecule has 2 heterocycles. The Balaban J connectivity index is 1.98. The quantitative estimate of drug-likeness (QED) is 0.784. The predicted molar refractivity (Wildman–Crippen MR) is 71.5 cm³/mol. The fraction of sp³-hybridized carbons (Fsp3) is 0. The highest BCUT2D eigenvalue weighted by Gasteiger charge is 2.09. The van der Waals surface area contributed by atoms with Crippen LogP contribution in [0.2, 0.25) is 0 Å². The number of carboxylic acid groups (broad SMARTS) is 1. The first kappa shape index (κ1) is 12.0. The van der Waals surface area contributed by atoms with Gasteiger partial charge in [-0.1, -0.05) is 18.2 Å². The van der Waals surface area contributed by atoms with Gasteiger partial charge in [0, 0.05) is 11.8 Å². The summed E-state index contributed by atoms with van der Waals surface area (Å²) in [6.45, 7) is 0. The van der Waals surface area contributed by atoms with Crippen molar-refractivity contribution in [2.75, 3.05) is 0 Å². The third-order valence-corrected chi connectivity index (χ3v) is 2.74. The molecule has 20 heavy (non-hydrogen) atoms. The van der Waals surface area contributed by atoms with Crippen molar-refractivity contribution in [1.82, 2.24) is 19.7 Å². The molecule has 0 radical (unpaired) electrons. The molecule has 1 aromatic carbocycles. The molecule has 0 bridgehead atoms. The Labute approximate surface area is 114 Å². The average Bonchev–Trinajstić information content (AvgIpc) is 2.98. The lowest BCUT2D eigenvalue weighted by atomic mass is 10.1. The number of rotatable bonds is 3. The van der Waals surface area contributed by atoms with Gasteiger partial charge in [-0.2, -0.15) is 0 Å². The van der Waals surface area contributed by atoms with Crippen LogP contribution in [0, 0.1) is 0 Å². The number of carbonyl (C=O) groups is 1. The fourth-order valence-corrected chi connectivity index (χ4v) is 1.79. The van der Waals surface area contributed by atoms with Crippen molar-refractivity contribution in [3.63, 3.8) is 0 Å². The van der Waals surface area contributed by atoms with Gasteiger partial charge in [-0.15, -0.1) is 5.10 Å².